The van der Waals surface area contributed by atoms with Gasteiger partial charge < -0.3 is 15.5 Å². The predicted molar refractivity (Wildman–Crippen MR) is 83.0 cm³/mol. The van der Waals surface area contributed by atoms with Crippen molar-refractivity contribution in [1.29, 1.82) is 0 Å². The van der Waals surface area contributed by atoms with Gasteiger partial charge in [0.2, 0.25) is 0 Å². The number of hydrogen-bond donors (Lipinski definition) is 1. The largest absolute Gasteiger partial charge is 0.384 e. The lowest BCUT2D eigenvalue weighted by molar-refractivity contribution is 0.402. The SMILES string of the molecule is CCN(c1cccc(CN(C)C)c1)c1cc(N)ncn1. The zero-order valence-corrected chi connectivity index (χ0v) is 12.2. The molecule has 0 spiro atoms. The number of benzene rings is 1. The number of anilines is 3. The third-order valence-corrected chi connectivity index (χ3v) is 2.99. The van der Waals surface area contributed by atoms with Gasteiger partial charge in [0.05, 0.1) is 0 Å². The van der Waals surface area contributed by atoms with E-state index in [4.69, 9.17) is 5.73 Å². The molecular weight excluding hydrogens is 250 g/mol. The summed E-state index contributed by atoms with van der Waals surface area (Å²) in [6.07, 6.45) is 1.50. The molecule has 0 atom stereocenters. The Bertz CT molecular complexity index is 568. The number of nitrogens with zero attached hydrogens (tertiary/aromatic N) is 4. The zero-order valence-electron chi connectivity index (χ0n) is 12.2. The van der Waals surface area contributed by atoms with Crippen molar-refractivity contribution in [3.8, 4) is 0 Å². The molecule has 2 N–H and O–H groups in total. The average Bonchev–Trinajstić information content (AvgIpc) is 2.39. The van der Waals surface area contributed by atoms with Gasteiger partial charge in [-0.05, 0) is 38.7 Å². The van der Waals surface area contributed by atoms with E-state index in [1.807, 2.05) is 0 Å². The minimum absolute atomic E-state index is 0.484. The van der Waals surface area contributed by atoms with E-state index in [2.05, 4.69) is 65.1 Å². The molecule has 0 saturated heterocycles. The second kappa shape index (κ2) is 6.34. The zero-order chi connectivity index (χ0) is 14.5. The van der Waals surface area contributed by atoms with Crippen molar-refractivity contribution in [2.45, 2.75) is 13.5 Å². The van der Waals surface area contributed by atoms with Crippen LogP contribution in [0.5, 0.6) is 0 Å². The summed E-state index contributed by atoms with van der Waals surface area (Å²) in [7, 11) is 4.13. The Morgan fingerprint density at radius 1 is 1.15 bits per heavy atom. The predicted octanol–water partition coefficient (Wildman–Crippen LogP) is 2.28. The number of nitrogens with two attached hydrogens (primary N) is 1. The third kappa shape index (κ3) is 3.45. The molecule has 0 bridgehead atoms. The molecule has 106 valence electrons. The van der Waals surface area contributed by atoms with Crippen LogP contribution in [-0.2, 0) is 6.54 Å². The maximum absolute atomic E-state index is 5.74. The Kier molecular flexibility index (Phi) is 4.53. The van der Waals surface area contributed by atoms with Crippen LogP contribution in [0.2, 0.25) is 0 Å². The van der Waals surface area contributed by atoms with Crippen molar-refractivity contribution in [1.82, 2.24) is 14.9 Å². The molecule has 0 fully saturated rings. The highest BCUT2D eigenvalue weighted by Gasteiger charge is 2.10. The van der Waals surface area contributed by atoms with Crippen LogP contribution in [0.15, 0.2) is 36.7 Å². The molecule has 5 heteroatoms. The molecule has 1 aromatic carbocycles. The van der Waals surface area contributed by atoms with E-state index in [9.17, 15) is 0 Å². The van der Waals surface area contributed by atoms with Crippen molar-refractivity contribution in [2.24, 2.45) is 0 Å². The summed E-state index contributed by atoms with van der Waals surface area (Å²) in [6, 6.07) is 10.3. The van der Waals surface area contributed by atoms with Gasteiger partial charge in [0.15, 0.2) is 0 Å². The van der Waals surface area contributed by atoms with Crippen LogP contribution in [0, 0.1) is 0 Å². The number of rotatable bonds is 5. The van der Waals surface area contributed by atoms with Crippen LogP contribution in [0.4, 0.5) is 17.3 Å². The van der Waals surface area contributed by atoms with E-state index in [1.54, 1.807) is 6.07 Å². The van der Waals surface area contributed by atoms with Gasteiger partial charge in [-0.1, -0.05) is 12.1 Å². The van der Waals surface area contributed by atoms with E-state index in [0.717, 1.165) is 24.6 Å². The normalized spacial score (nSPS) is 10.8. The molecule has 0 amide bonds. The second-order valence-electron chi connectivity index (χ2n) is 4.95. The first kappa shape index (κ1) is 14.3. The van der Waals surface area contributed by atoms with Crippen LogP contribution in [0.25, 0.3) is 0 Å². The lowest BCUT2D eigenvalue weighted by Crippen LogP contribution is -2.18. The quantitative estimate of drug-likeness (QED) is 0.904. The molecule has 2 rings (SSSR count). The maximum atomic E-state index is 5.74. The number of nitrogen functional groups attached to an aromatic ring is 1. The monoisotopic (exact) mass is 271 g/mol. The highest BCUT2D eigenvalue weighted by Crippen LogP contribution is 2.24. The Labute approximate surface area is 120 Å². The van der Waals surface area contributed by atoms with Gasteiger partial charge in [0, 0.05) is 24.8 Å². The molecule has 20 heavy (non-hydrogen) atoms. The van der Waals surface area contributed by atoms with E-state index >= 15 is 0 Å². The summed E-state index contributed by atoms with van der Waals surface area (Å²) in [4.78, 5) is 12.5. The van der Waals surface area contributed by atoms with Gasteiger partial charge in [-0.3, -0.25) is 0 Å². The minimum atomic E-state index is 0.484. The van der Waals surface area contributed by atoms with Crippen LogP contribution in [0.3, 0.4) is 0 Å². The van der Waals surface area contributed by atoms with E-state index < -0.39 is 0 Å². The Morgan fingerprint density at radius 2 is 1.95 bits per heavy atom. The first-order valence-corrected chi connectivity index (χ1v) is 6.69. The maximum Gasteiger partial charge on any atom is 0.138 e. The molecule has 1 heterocycles. The number of aromatic nitrogens is 2. The standard InChI is InChI=1S/C15H21N5/c1-4-20(15-9-14(16)17-11-18-15)13-7-5-6-12(8-13)10-19(2)3/h5-9,11H,4,10H2,1-3H3,(H2,16,17,18). The van der Waals surface area contributed by atoms with Crippen molar-refractivity contribution < 1.29 is 0 Å². The summed E-state index contributed by atoms with van der Waals surface area (Å²) in [5.74, 6) is 1.31. The average molecular weight is 271 g/mol. The molecule has 0 aliphatic rings. The Balaban J connectivity index is 2.32. The van der Waals surface area contributed by atoms with Crippen molar-refractivity contribution in [2.75, 3.05) is 31.3 Å². The van der Waals surface area contributed by atoms with Crippen LogP contribution in [0.1, 0.15) is 12.5 Å². The lowest BCUT2D eigenvalue weighted by atomic mass is 10.1. The van der Waals surface area contributed by atoms with Gasteiger partial charge in [-0.15, -0.1) is 0 Å². The summed E-state index contributed by atoms with van der Waals surface area (Å²) in [6.45, 7) is 3.83. The molecule has 0 radical (unpaired) electrons. The fraction of sp³-hybridized carbons (Fsp3) is 0.333. The fourth-order valence-corrected chi connectivity index (χ4v) is 2.17. The summed E-state index contributed by atoms with van der Waals surface area (Å²) in [5, 5.41) is 0. The summed E-state index contributed by atoms with van der Waals surface area (Å²) >= 11 is 0. The molecular formula is C15H21N5. The molecule has 0 aliphatic carbocycles. The fourth-order valence-electron chi connectivity index (χ4n) is 2.17. The van der Waals surface area contributed by atoms with Crippen molar-refractivity contribution >= 4 is 17.3 Å². The van der Waals surface area contributed by atoms with Gasteiger partial charge in [-0.2, -0.15) is 0 Å². The first-order valence-electron chi connectivity index (χ1n) is 6.69. The van der Waals surface area contributed by atoms with Gasteiger partial charge in [0.25, 0.3) is 0 Å². The third-order valence-electron chi connectivity index (χ3n) is 2.99. The molecule has 0 saturated carbocycles. The van der Waals surface area contributed by atoms with Gasteiger partial charge in [0.1, 0.15) is 18.0 Å². The Morgan fingerprint density at radius 3 is 2.60 bits per heavy atom. The van der Waals surface area contributed by atoms with Crippen LogP contribution < -0.4 is 10.6 Å². The second-order valence-corrected chi connectivity index (χ2v) is 4.95. The number of hydrogen-bond acceptors (Lipinski definition) is 5. The highest BCUT2D eigenvalue weighted by atomic mass is 15.2. The smallest absolute Gasteiger partial charge is 0.138 e. The lowest BCUT2D eigenvalue weighted by Gasteiger charge is -2.23. The van der Waals surface area contributed by atoms with E-state index in [-0.39, 0.29) is 0 Å². The van der Waals surface area contributed by atoms with E-state index in [0.29, 0.717) is 5.82 Å². The molecule has 1 aromatic heterocycles. The highest BCUT2D eigenvalue weighted by molar-refractivity contribution is 5.62. The summed E-state index contributed by atoms with van der Waals surface area (Å²) < 4.78 is 0. The van der Waals surface area contributed by atoms with Crippen molar-refractivity contribution in [3.63, 3.8) is 0 Å². The minimum Gasteiger partial charge on any atom is -0.384 e. The Hall–Kier alpha value is -2.14. The first-order chi connectivity index (χ1) is 9.60. The summed E-state index contributed by atoms with van der Waals surface area (Å²) in [5.41, 5.74) is 8.13. The van der Waals surface area contributed by atoms with Crippen LogP contribution >= 0.6 is 0 Å². The molecule has 0 unspecified atom stereocenters. The molecule has 5 nitrogen and oxygen atoms in total. The van der Waals surface area contributed by atoms with Crippen molar-refractivity contribution in [3.05, 3.63) is 42.2 Å². The topological polar surface area (TPSA) is 58.3 Å². The van der Waals surface area contributed by atoms with Crippen LogP contribution in [-0.4, -0.2) is 35.5 Å². The van der Waals surface area contributed by atoms with Gasteiger partial charge >= 0.3 is 0 Å². The van der Waals surface area contributed by atoms with Gasteiger partial charge in [-0.25, -0.2) is 9.97 Å². The molecule has 2 aromatic rings. The van der Waals surface area contributed by atoms with E-state index in [1.165, 1.54) is 11.9 Å². The molecule has 0 aliphatic heterocycles.